The first-order valence-electron chi connectivity index (χ1n) is 5.69. The van der Waals surface area contributed by atoms with Crippen LogP contribution >= 0.6 is 0 Å². The highest BCUT2D eigenvalue weighted by Gasteiger charge is 2.19. The molecule has 0 saturated heterocycles. The highest BCUT2D eigenvalue weighted by Crippen LogP contribution is 2.17. The van der Waals surface area contributed by atoms with E-state index >= 15 is 0 Å². The summed E-state index contributed by atoms with van der Waals surface area (Å²) in [6.45, 7) is 0.158. The zero-order valence-electron chi connectivity index (χ0n) is 10.7. The van der Waals surface area contributed by atoms with E-state index in [4.69, 9.17) is 5.73 Å². The topological polar surface area (TPSA) is 103 Å². The van der Waals surface area contributed by atoms with Gasteiger partial charge >= 0.3 is 0 Å². The maximum absolute atomic E-state index is 12.3. The molecule has 1 aromatic carbocycles. The number of anilines is 1. The molecule has 0 aliphatic heterocycles. The van der Waals surface area contributed by atoms with Crippen molar-refractivity contribution in [1.29, 1.82) is 0 Å². The third-order valence-corrected chi connectivity index (χ3v) is 3.83. The van der Waals surface area contributed by atoms with Crippen LogP contribution in [0.15, 0.2) is 35.5 Å². The summed E-state index contributed by atoms with van der Waals surface area (Å²) in [5, 5.41) is 3.80. The van der Waals surface area contributed by atoms with Crippen LogP contribution in [0.5, 0.6) is 0 Å². The lowest BCUT2D eigenvalue weighted by molar-refractivity contribution is 0.600. The zero-order chi connectivity index (χ0) is 14.6. The number of nitrogens with zero attached hydrogens (tertiary/aromatic N) is 3. The van der Waals surface area contributed by atoms with Crippen LogP contribution in [-0.2, 0) is 17.1 Å². The molecule has 2 rings (SSSR count). The Bertz CT molecular complexity index is 770. The molecule has 0 aliphatic rings. The maximum Gasteiger partial charge on any atom is 0.265 e. The van der Waals surface area contributed by atoms with Crippen molar-refractivity contribution in [2.24, 2.45) is 12.8 Å². The van der Waals surface area contributed by atoms with Gasteiger partial charge in [-0.25, -0.2) is 17.8 Å². The van der Waals surface area contributed by atoms with Crippen LogP contribution in [-0.4, -0.2) is 29.7 Å². The van der Waals surface area contributed by atoms with Crippen molar-refractivity contribution in [3.05, 3.63) is 36.2 Å². The molecule has 0 atom stereocenters. The summed E-state index contributed by atoms with van der Waals surface area (Å²) in [5.41, 5.74) is 5.69. The van der Waals surface area contributed by atoms with Gasteiger partial charge in [-0.1, -0.05) is 24.0 Å². The van der Waals surface area contributed by atoms with E-state index in [0.29, 0.717) is 5.56 Å². The van der Waals surface area contributed by atoms with Crippen LogP contribution in [0.2, 0.25) is 0 Å². The average Bonchev–Trinajstić information content (AvgIpc) is 2.81. The molecule has 0 radical (unpaired) electrons. The van der Waals surface area contributed by atoms with Gasteiger partial charge in [0.25, 0.3) is 10.0 Å². The van der Waals surface area contributed by atoms with Crippen LogP contribution in [0.4, 0.5) is 5.95 Å². The maximum atomic E-state index is 12.3. The SMILES string of the molecule is Cn1ncnc1NS(=O)(=O)c1ccccc1C#CCN. The lowest BCUT2D eigenvalue weighted by Crippen LogP contribution is -2.17. The fraction of sp³-hybridized carbons (Fsp3) is 0.167. The second-order valence-corrected chi connectivity index (χ2v) is 5.47. The quantitative estimate of drug-likeness (QED) is 0.770. The molecule has 0 fully saturated rings. The van der Waals surface area contributed by atoms with Crippen molar-refractivity contribution in [3.63, 3.8) is 0 Å². The smallest absolute Gasteiger partial charge is 0.265 e. The van der Waals surface area contributed by atoms with E-state index in [0.717, 1.165) is 0 Å². The number of nitrogens with one attached hydrogen (secondary N) is 1. The molecule has 0 unspecified atom stereocenters. The molecule has 1 heterocycles. The van der Waals surface area contributed by atoms with Crippen molar-refractivity contribution in [1.82, 2.24) is 14.8 Å². The van der Waals surface area contributed by atoms with E-state index in [1.807, 2.05) is 0 Å². The molecule has 1 aromatic heterocycles. The van der Waals surface area contributed by atoms with Gasteiger partial charge < -0.3 is 5.73 Å². The van der Waals surface area contributed by atoms with Crippen molar-refractivity contribution < 1.29 is 8.42 Å². The third-order valence-electron chi connectivity index (χ3n) is 2.44. The Balaban J connectivity index is 2.42. The van der Waals surface area contributed by atoms with Gasteiger partial charge in [0, 0.05) is 12.6 Å². The molecule has 2 aromatic rings. The normalized spacial score (nSPS) is 10.7. The monoisotopic (exact) mass is 291 g/mol. The third kappa shape index (κ3) is 2.96. The highest BCUT2D eigenvalue weighted by molar-refractivity contribution is 7.92. The van der Waals surface area contributed by atoms with Crippen molar-refractivity contribution >= 4 is 16.0 Å². The van der Waals surface area contributed by atoms with E-state index in [1.165, 1.54) is 17.1 Å². The average molecular weight is 291 g/mol. The minimum absolute atomic E-state index is 0.0731. The predicted molar refractivity (Wildman–Crippen MR) is 74.2 cm³/mol. The molecule has 0 amide bonds. The fourth-order valence-corrected chi connectivity index (χ4v) is 2.72. The lowest BCUT2D eigenvalue weighted by atomic mass is 10.2. The van der Waals surface area contributed by atoms with Crippen molar-refractivity contribution in [3.8, 4) is 11.8 Å². The molecule has 7 nitrogen and oxygen atoms in total. The first kappa shape index (κ1) is 14.0. The summed E-state index contributed by atoms with van der Waals surface area (Å²) in [6.07, 6.45) is 1.26. The minimum Gasteiger partial charge on any atom is -0.320 e. The number of rotatable bonds is 3. The van der Waals surface area contributed by atoms with Crippen LogP contribution < -0.4 is 10.5 Å². The standard InChI is InChI=1S/C12H13N5O2S/c1-17-12(14-9-15-17)16-20(18,19)11-7-3-2-5-10(11)6-4-8-13/h2-3,5,7,9H,8,13H2,1H3,(H,14,15,16). The number of aromatic nitrogens is 3. The number of hydrogen-bond donors (Lipinski definition) is 2. The Hall–Kier alpha value is -2.37. The number of sulfonamides is 1. The van der Waals surface area contributed by atoms with E-state index in [1.54, 1.807) is 25.2 Å². The second-order valence-electron chi connectivity index (χ2n) is 3.81. The zero-order valence-corrected chi connectivity index (χ0v) is 11.6. The van der Waals surface area contributed by atoms with E-state index in [2.05, 4.69) is 26.6 Å². The van der Waals surface area contributed by atoms with Crippen LogP contribution in [0.3, 0.4) is 0 Å². The largest absolute Gasteiger partial charge is 0.320 e. The van der Waals surface area contributed by atoms with Gasteiger partial charge in [-0.05, 0) is 12.1 Å². The van der Waals surface area contributed by atoms with Crippen LogP contribution in [0.25, 0.3) is 0 Å². The van der Waals surface area contributed by atoms with Crippen LogP contribution in [0, 0.1) is 11.8 Å². The molecule has 0 aliphatic carbocycles. The molecule has 20 heavy (non-hydrogen) atoms. The molecule has 0 bridgehead atoms. The molecule has 8 heteroatoms. The highest BCUT2D eigenvalue weighted by atomic mass is 32.2. The fourth-order valence-electron chi connectivity index (χ4n) is 1.51. The van der Waals surface area contributed by atoms with Gasteiger partial charge in [-0.3, -0.25) is 0 Å². The minimum atomic E-state index is -3.78. The summed E-state index contributed by atoms with van der Waals surface area (Å²) in [4.78, 5) is 3.90. The summed E-state index contributed by atoms with van der Waals surface area (Å²) >= 11 is 0. The lowest BCUT2D eigenvalue weighted by Gasteiger charge is -2.08. The van der Waals surface area contributed by atoms with Gasteiger partial charge in [0.15, 0.2) is 0 Å². The molecule has 0 spiro atoms. The Morgan fingerprint density at radius 3 is 2.80 bits per heavy atom. The Kier molecular flexibility index (Phi) is 4.02. The number of nitrogens with two attached hydrogens (primary N) is 1. The van der Waals surface area contributed by atoms with E-state index in [9.17, 15) is 8.42 Å². The molecular weight excluding hydrogens is 278 g/mol. The van der Waals surface area contributed by atoms with E-state index < -0.39 is 10.0 Å². The first-order valence-corrected chi connectivity index (χ1v) is 7.17. The first-order chi connectivity index (χ1) is 9.54. The predicted octanol–water partition coefficient (Wildman–Crippen LogP) is -0.0739. The van der Waals surface area contributed by atoms with Gasteiger partial charge in [-0.2, -0.15) is 10.1 Å². The second kappa shape index (κ2) is 5.73. The summed E-state index contributed by atoms with van der Waals surface area (Å²) in [7, 11) is -2.20. The van der Waals surface area contributed by atoms with Crippen molar-refractivity contribution in [2.75, 3.05) is 11.3 Å². The van der Waals surface area contributed by atoms with Gasteiger partial charge in [0.05, 0.1) is 6.54 Å². The van der Waals surface area contributed by atoms with Gasteiger partial charge in [0.2, 0.25) is 5.95 Å². The molecule has 0 saturated carbocycles. The number of hydrogen-bond acceptors (Lipinski definition) is 5. The number of benzene rings is 1. The van der Waals surface area contributed by atoms with Gasteiger partial charge in [-0.15, -0.1) is 0 Å². The Morgan fingerprint density at radius 2 is 2.15 bits per heavy atom. The molecule has 3 N–H and O–H groups in total. The van der Waals surface area contributed by atoms with E-state index in [-0.39, 0.29) is 17.4 Å². The molecule has 104 valence electrons. The summed E-state index contributed by atoms with van der Waals surface area (Å²) in [5.74, 6) is 5.51. The number of aryl methyl sites for hydroxylation is 1. The Morgan fingerprint density at radius 1 is 1.40 bits per heavy atom. The summed E-state index contributed by atoms with van der Waals surface area (Å²) < 4.78 is 28.4. The van der Waals surface area contributed by atoms with Crippen LogP contribution in [0.1, 0.15) is 5.56 Å². The molecular formula is C12H13N5O2S. The summed E-state index contributed by atoms with van der Waals surface area (Å²) in [6, 6.07) is 6.42. The van der Waals surface area contributed by atoms with Gasteiger partial charge in [0.1, 0.15) is 11.2 Å². The Labute approximate surface area is 116 Å². The van der Waals surface area contributed by atoms with Crippen molar-refractivity contribution in [2.45, 2.75) is 4.90 Å².